The third-order valence-corrected chi connectivity index (χ3v) is 3.92. The predicted octanol–water partition coefficient (Wildman–Crippen LogP) is 3.38. The van der Waals surface area contributed by atoms with Crippen LogP contribution in [0.5, 0.6) is 0 Å². The Morgan fingerprint density at radius 3 is 2.70 bits per heavy atom. The van der Waals surface area contributed by atoms with E-state index in [2.05, 4.69) is 15.6 Å². The van der Waals surface area contributed by atoms with Crippen molar-refractivity contribution in [2.75, 3.05) is 5.32 Å². The topological polar surface area (TPSA) is 102 Å². The SMILES string of the molecule is Cn1ccnc1[C@@H](NC(=O)Nc1cccc([N+](=O)[O-])c1)c1ccccc1F. The molecule has 2 amide bonds. The maximum Gasteiger partial charge on any atom is 0.320 e. The largest absolute Gasteiger partial charge is 0.336 e. The van der Waals surface area contributed by atoms with E-state index >= 15 is 0 Å². The summed E-state index contributed by atoms with van der Waals surface area (Å²) in [7, 11) is 1.73. The summed E-state index contributed by atoms with van der Waals surface area (Å²) in [6.07, 6.45) is 3.23. The van der Waals surface area contributed by atoms with Gasteiger partial charge in [-0.2, -0.15) is 0 Å². The number of amides is 2. The third kappa shape index (κ3) is 4.09. The molecule has 3 aromatic rings. The Kier molecular flexibility index (Phi) is 5.11. The molecule has 9 heteroatoms. The molecule has 1 aromatic heterocycles. The fourth-order valence-corrected chi connectivity index (χ4v) is 2.64. The summed E-state index contributed by atoms with van der Waals surface area (Å²) in [5.41, 5.74) is 0.345. The van der Waals surface area contributed by atoms with Gasteiger partial charge in [0.2, 0.25) is 0 Å². The van der Waals surface area contributed by atoms with Crippen molar-refractivity contribution in [3.8, 4) is 0 Å². The first-order valence-electron chi connectivity index (χ1n) is 7.99. The van der Waals surface area contributed by atoms with Crippen LogP contribution in [0.2, 0.25) is 0 Å². The molecule has 2 N–H and O–H groups in total. The number of aromatic nitrogens is 2. The fourth-order valence-electron chi connectivity index (χ4n) is 2.64. The predicted molar refractivity (Wildman–Crippen MR) is 96.7 cm³/mol. The molecule has 2 aromatic carbocycles. The number of anilines is 1. The van der Waals surface area contributed by atoms with Crippen molar-refractivity contribution in [2.45, 2.75) is 6.04 Å². The van der Waals surface area contributed by atoms with Gasteiger partial charge < -0.3 is 15.2 Å². The highest BCUT2D eigenvalue weighted by molar-refractivity contribution is 5.90. The zero-order valence-electron chi connectivity index (χ0n) is 14.3. The van der Waals surface area contributed by atoms with Crippen LogP contribution >= 0.6 is 0 Å². The van der Waals surface area contributed by atoms with Gasteiger partial charge in [0.15, 0.2) is 0 Å². The van der Waals surface area contributed by atoms with E-state index in [1.54, 1.807) is 42.2 Å². The number of imidazole rings is 1. The van der Waals surface area contributed by atoms with E-state index in [9.17, 15) is 19.3 Å². The minimum Gasteiger partial charge on any atom is -0.336 e. The lowest BCUT2D eigenvalue weighted by molar-refractivity contribution is -0.384. The van der Waals surface area contributed by atoms with Gasteiger partial charge >= 0.3 is 6.03 Å². The lowest BCUT2D eigenvalue weighted by atomic mass is 10.1. The molecular weight excluding hydrogens is 353 g/mol. The van der Waals surface area contributed by atoms with E-state index in [-0.39, 0.29) is 16.9 Å². The fraction of sp³-hybridized carbons (Fsp3) is 0.111. The monoisotopic (exact) mass is 369 g/mol. The van der Waals surface area contributed by atoms with Crippen molar-refractivity contribution in [1.82, 2.24) is 14.9 Å². The quantitative estimate of drug-likeness (QED) is 0.532. The van der Waals surface area contributed by atoms with Crippen LogP contribution < -0.4 is 10.6 Å². The number of carbonyl (C=O) groups is 1. The Morgan fingerprint density at radius 2 is 2.04 bits per heavy atom. The first kappa shape index (κ1) is 18.1. The molecule has 0 aliphatic heterocycles. The second-order valence-corrected chi connectivity index (χ2v) is 5.76. The molecule has 0 radical (unpaired) electrons. The van der Waals surface area contributed by atoms with Gasteiger partial charge in [0.1, 0.15) is 17.7 Å². The van der Waals surface area contributed by atoms with Gasteiger partial charge in [-0.3, -0.25) is 10.1 Å². The molecule has 0 unspecified atom stereocenters. The second-order valence-electron chi connectivity index (χ2n) is 5.76. The highest BCUT2D eigenvalue weighted by atomic mass is 19.1. The van der Waals surface area contributed by atoms with Crippen molar-refractivity contribution >= 4 is 17.4 Å². The molecule has 1 atom stereocenters. The minimum absolute atomic E-state index is 0.150. The maximum absolute atomic E-state index is 14.3. The highest BCUT2D eigenvalue weighted by Gasteiger charge is 2.23. The molecule has 0 spiro atoms. The van der Waals surface area contributed by atoms with E-state index in [0.29, 0.717) is 5.82 Å². The van der Waals surface area contributed by atoms with Crippen LogP contribution in [0.1, 0.15) is 17.4 Å². The third-order valence-electron chi connectivity index (χ3n) is 3.92. The van der Waals surface area contributed by atoms with Crippen molar-refractivity contribution < 1.29 is 14.1 Å². The number of benzene rings is 2. The molecule has 0 saturated heterocycles. The number of halogens is 1. The van der Waals surface area contributed by atoms with Crippen molar-refractivity contribution in [1.29, 1.82) is 0 Å². The van der Waals surface area contributed by atoms with Gasteiger partial charge in [-0.15, -0.1) is 0 Å². The first-order chi connectivity index (χ1) is 13.0. The molecule has 0 aliphatic rings. The summed E-state index contributed by atoms with van der Waals surface area (Å²) >= 11 is 0. The molecule has 0 saturated carbocycles. The van der Waals surface area contributed by atoms with E-state index in [1.807, 2.05) is 0 Å². The van der Waals surface area contributed by atoms with Crippen molar-refractivity contribution in [3.63, 3.8) is 0 Å². The minimum atomic E-state index is -0.843. The molecule has 0 aliphatic carbocycles. The highest BCUT2D eigenvalue weighted by Crippen LogP contribution is 2.23. The van der Waals surface area contributed by atoms with Crippen LogP contribution in [0.15, 0.2) is 60.9 Å². The van der Waals surface area contributed by atoms with Crippen molar-refractivity contribution in [2.24, 2.45) is 7.05 Å². The van der Waals surface area contributed by atoms with Crippen LogP contribution in [0.4, 0.5) is 20.6 Å². The van der Waals surface area contributed by atoms with Crippen LogP contribution in [0, 0.1) is 15.9 Å². The zero-order chi connectivity index (χ0) is 19.4. The lowest BCUT2D eigenvalue weighted by Gasteiger charge is -2.20. The molecule has 3 rings (SSSR count). The number of carbonyl (C=O) groups excluding carboxylic acids is 1. The Balaban J connectivity index is 1.85. The number of hydrogen-bond acceptors (Lipinski definition) is 4. The normalized spacial score (nSPS) is 11.6. The molecule has 1 heterocycles. The number of nitro groups is 1. The number of nitrogens with one attached hydrogen (secondary N) is 2. The summed E-state index contributed by atoms with van der Waals surface area (Å²) in [6.45, 7) is 0. The number of nitrogens with zero attached hydrogens (tertiary/aromatic N) is 3. The Morgan fingerprint density at radius 1 is 1.26 bits per heavy atom. The second kappa shape index (κ2) is 7.65. The van der Waals surface area contributed by atoms with Crippen LogP contribution in [-0.4, -0.2) is 20.5 Å². The summed E-state index contributed by atoms with van der Waals surface area (Å²) in [5.74, 6) is -0.0459. The average molecular weight is 369 g/mol. The number of rotatable bonds is 5. The number of nitro benzene ring substituents is 1. The van der Waals surface area contributed by atoms with Gasteiger partial charge in [-0.25, -0.2) is 14.2 Å². The standard InChI is InChI=1S/C18H16FN5O3/c1-23-10-9-20-17(23)16(14-7-2-3-8-15(14)19)22-18(25)21-12-5-4-6-13(11-12)24(26)27/h2-11,16H,1H3,(H2,21,22,25)/t16-/m0/s1. The molecule has 27 heavy (non-hydrogen) atoms. The van der Waals surface area contributed by atoms with Gasteiger partial charge in [0.05, 0.1) is 4.92 Å². The zero-order valence-corrected chi connectivity index (χ0v) is 14.3. The smallest absolute Gasteiger partial charge is 0.320 e. The number of aryl methyl sites for hydroxylation is 1. The number of urea groups is 1. The Hall–Kier alpha value is -3.75. The van der Waals surface area contributed by atoms with E-state index in [0.717, 1.165) is 0 Å². The van der Waals surface area contributed by atoms with Crippen LogP contribution in [0.25, 0.3) is 0 Å². The Labute approximate surface area is 153 Å². The van der Waals surface area contributed by atoms with E-state index < -0.39 is 22.8 Å². The summed E-state index contributed by atoms with van der Waals surface area (Å²) in [4.78, 5) is 26.9. The lowest BCUT2D eigenvalue weighted by Crippen LogP contribution is -2.35. The summed E-state index contributed by atoms with van der Waals surface area (Å²) < 4.78 is 16.0. The summed E-state index contributed by atoms with van der Waals surface area (Å²) in [6, 6.07) is 10.1. The summed E-state index contributed by atoms with van der Waals surface area (Å²) in [5, 5.41) is 16.1. The van der Waals surface area contributed by atoms with Gasteiger partial charge in [0, 0.05) is 42.8 Å². The molecule has 8 nitrogen and oxygen atoms in total. The van der Waals surface area contributed by atoms with Crippen LogP contribution in [0.3, 0.4) is 0 Å². The Bertz CT molecular complexity index is 988. The van der Waals surface area contributed by atoms with E-state index in [1.165, 1.54) is 30.3 Å². The first-order valence-corrected chi connectivity index (χ1v) is 7.99. The van der Waals surface area contributed by atoms with Gasteiger partial charge in [-0.1, -0.05) is 24.3 Å². The van der Waals surface area contributed by atoms with Gasteiger partial charge in [0.25, 0.3) is 5.69 Å². The van der Waals surface area contributed by atoms with Crippen LogP contribution in [-0.2, 0) is 7.05 Å². The maximum atomic E-state index is 14.3. The average Bonchev–Trinajstić information content (AvgIpc) is 3.06. The molecule has 0 fully saturated rings. The number of hydrogen-bond donors (Lipinski definition) is 2. The van der Waals surface area contributed by atoms with E-state index in [4.69, 9.17) is 0 Å². The van der Waals surface area contributed by atoms with Crippen molar-refractivity contribution in [3.05, 3.63) is 88.2 Å². The number of non-ortho nitro benzene ring substituents is 1. The van der Waals surface area contributed by atoms with Gasteiger partial charge in [-0.05, 0) is 12.1 Å². The molecular formula is C18H16FN5O3. The molecule has 0 bridgehead atoms. The molecule has 138 valence electrons.